The number of aromatic nitrogens is 2. The lowest BCUT2D eigenvalue weighted by atomic mass is 9.91. The fraction of sp³-hybridized carbons (Fsp3) is 0.467. The van der Waals surface area contributed by atoms with Crippen LogP contribution in [0, 0.1) is 6.92 Å². The molecule has 1 aliphatic heterocycles. The minimum absolute atomic E-state index is 0.300. The molecule has 20 heavy (non-hydrogen) atoms. The molecular weight excluding hydrogens is 254 g/mol. The normalized spacial score (nSPS) is 20.4. The summed E-state index contributed by atoms with van der Waals surface area (Å²) in [6, 6.07) is 4.16. The quantitative estimate of drug-likeness (QED) is 0.777. The Morgan fingerprint density at radius 1 is 1.15 bits per heavy atom. The molecule has 0 bridgehead atoms. The Labute approximate surface area is 116 Å². The lowest BCUT2D eigenvalue weighted by Gasteiger charge is -2.34. The van der Waals surface area contributed by atoms with Crippen molar-refractivity contribution in [2.75, 3.05) is 13.6 Å². The fourth-order valence-corrected chi connectivity index (χ4v) is 3.18. The van der Waals surface area contributed by atoms with E-state index in [0.29, 0.717) is 11.6 Å². The average molecular weight is 273 g/mol. The zero-order valence-electron chi connectivity index (χ0n) is 11.8. The number of nitrogens with zero attached hydrogens (tertiary/aromatic N) is 1. The lowest BCUT2D eigenvalue weighted by Crippen LogP contribution is -2.32. The van der Waals surface area contributed by atoms with Crippen LogP contribution in [-0.4, -0.2) is 28.5 Å². The van der Waals surface area contributed by atoms with E-state index < -0.39 is 11.1 Å². The van der Waals surface area contributed by atoms with Gasteiger partial charge < -0.3 is 9.97 Å². The van der Waals surface area contributed by atoms with Crippen LogP contribution >= 0.6 is 0 Å². The van der Waals surface area contributed by atoms with E-state index in [9.17, 15) is 9.59 Å². The number of nitrogens with one attached hydrogen (secondary N) is 2. The van der Waals surface area contributed by atoms with Crippen LogP contribution in [0.5, 0.6) is 0 Å². The monoisotopic (exact) mass is 273 g/mol. The van der Waals surface area contributed by atoms with E-state index >= 15 is 0 Å². The van der Waals surface area contributed by atoms with E-state index in [0.717, 1.165) is 29.6 Å². The van der Waals surface area contributed by atoms with E-state index in [4.69, 9.17) is 0 Å². The predicted molar refractivity (Wildman–Crippen MR) is 79.1 cm³/mol. The molecule has 1 unspecified atom stereocenters. The number of likely N-dealkylation sites (tertiary alicyclic amines) is 1. The molecule has 2 heterocycles. The summed E-state index contributed by atoms with van der Waals surface area (Å²) in [5.41, 5.74) is 2.59. The van der Waals surface area contributed by atoms with Crippen LogP contribution < -0.4 is 11.1 Å². The summed E-state index contributed by atoms with van der Waals surface area (Å²) >= 11 is 0. The molecule has 0 spiro atoms. The molecule has 106 valence electrons. The largest absolute Gasteiger partial charge is 0.316 e. The number of H-pyrrole nitrogens is 2. The van der Waals surface area contributed by atoms with Crippen molar-refractivity contribution >= 4 is 11.0 Å². The molecule has 2 aromatic rings. The third-order valence-corrected chi connectivity index (χ3v) is 4.26. The van der Waals surface area contributed by atoms with Crippen molar-refractivity contribution < 1.29 is 0 Å². The highest BCUT2D eigenvalue weighted by Gasteiger charge is 2.24. The smallest absolute Gasteiger partial charge is 0.314 e. The molecule has 1 atom stereocenters. The van der Waals surface area contributed by atoms with Crippen LogP contribution in [0.1, 0.15) is 36.4 Å². The standard InChI is InChI=1S/C15H19N3O2/c1-9-6-7-10-13(17-15(20)14(19)16-10)12(9)11-5-3-4-8-18(11)2/h6-7,11H,3-5,8H2,1-2H3,(H,16,19)(H,17,20). The van der Waals surface area contributed by atoms with E-state index in [2.05, 4.69) is 28.8 Å². The highest BCUT2D eigenvalue weighted by Crippen LogP contribution is 2.34. The summed E-state index contributed by atoms with van der Waals surface area (Å²) in [6.45, 7) is 3.12. The summed E-state index contributed by atoms with van der Waals surface area (Å²) in [4.78, 5) is 30.9. The molecule has 2 N–H and O–H groups in total. The third kappa shape index (κ3) is 2.08. The molecule has 0 radical (unpaired) electrons. The van der Waals surface area contributed by atoms with Crippen molar-refractivity contribution in [2.24, 2.45) is 0 Å². The molecule has 0 amide bonds. The van der Waals surface area contributed by atoms with Gasteiger partial charge in [-0.1, -0.05) is 12.5 Å². The van der Waals surface area contributed by atoms with Gasteiger partial charge in [0, 0.05) is 6.04 Å². The molecular formula is C15H19N3O2. The second-order valence-electron chi connectivity index (χ2n) is 5.62. The number of fused-ring (bicyclic) bond motifs is 1. The Bertz CT molecular complexity index is 760. The van der Waals surface area contributed by atoms with Crippen LogP contribution in [0.2, 0.25) is 0 Å². The van der Waals surface area contributed by atoms with E-state index in [1.165, 1.54) is 12.8 Å². The first-order chi connectivity index (χ1) is 9.58. The Kier molecular flexibility index (Phi) is 3.22. The Morgan fingerprint density at radius 3 is 2.65 bits per heavy atom. The van der Waals surface area contributed by atoms with Gasteiger partial charge in [-0.3, -0.25) is 14.5 Å². The molecule has 3 rings (SSSR count). The van der Waals surface area contributed by atoms with Gasteiger partial charge in [-0.25, -0.2) is 0 Å². The van der Waals surface area contributed by atoms with Crippen LogP contribution in [0.4, 0.5) is 0 Å². The van der Waals surface area contributed by atoms with Crippen molar-refractivity contribution in [3.05, 3.63) is 44.0 Å². The van der Waals surface area contributed by atoms with Crippen molar-refractivity contribution in [1.29, 1.82) is 0 Å². The van der Waals surface area contributed by atoms with Crippen molar-refractivity contribution in [2.45, 2.75) is 32.2 Å². The van der Waals surface area contributed by atoms with Gasteiger partial charge in [-0.15, -0.1) is 0 Å². The van der Waals surface area contributed by atoms with Gasteiger partial charge in [-0.2, -0.15) is 0 Å². The number of aryl methyl sites for hydroxylation is 1. The topological polar surface area (TPSA) is 69.0 Å². The van der Waals surface area contributed by atoms with Gasteiger partial charge in [0.2, 0.25) is 0 Å². The van der Waals surface area contributed by atoms with Gasteiger partial charge in [0.25, 0.3) is 0 Å². The summed E-state index contributed by atoms with van der Waals surface area (Å²) in [6.07, 6.45) is 3.49. The second kappa shape index (κ2) is 4.90. The summed E-state index contributed by atoms with van der Waals surface area (Å²) < 4.78 is 0. The zero-order valence-corrected chi connectivity index (χ0v) is 11.8. The number of rotatable bonds is 1. The highest BCUT2D eigenvalue weighted by atomic mass is 16.2. The molecule has 1 saturated heterocycles. The molecule has 0 saturated carbocycles. The maximum absolute atomic E-state index is 11.6. The number of benzene rings is 1. The van der Waals surface area contributed by atoms with Gasteiger partial charge >= 0.3 is 11.1 Å². The first-order valence-corrected chi connectivity index (χ1v) is 7.04. The summed E-state index contributed by atoms with van der Waals surface area (Å²) in [5, 5.41) is 0. The molecule has 1 fully saturated rings. The average Bonchev–Trinajstić information content (AvgIpc) is 2.42. The Morgan fingerprint density at radius 2 is 1.90 bits per heavy atom. The van der Waals surface area contributed by atoms with Crippen LogP contribution in [0.3, 0.4) is 0 Å². The first-order valence-electron chi connectivity index (χ1n) is 7.04. The molecule has 1 aromatic carbocycles. The minimum atomic E-state index is -0.593. The van der Waals surface area contributed by atoms with Crippen LogP contribution in [-0.2, 0) is 0 Å². The van der Waals surface area contributed by atoms with Crippen molar-refractivity contribution in [1.82, 2.24) is 14.9 Å². The number of hydrogen-bond donors (Lipinski definition) is 2. The first kappa shape index (κ1) is 13.1. The maximum atomic E-state index is 11.6. The molecule has 5 nitrogen and oxygen atoms in total. The summed E-state index contributed by atoms with van der Waals surface area (Å²) in [7, 11) is 2.12. The van der Waals surface area contributed by atoms with Gasteiger partial charge in [-0.05, 0) is 50.6 Å². The zero-order chi connectivity index (χ0) is 14.3. The van der Waals surface area contributed by atoms with Gasteiger partial charge in [0.15, 0.2) is 0 Å². The van der Waals surface area contributed by atoms with Crippen molar-refractivity contribution in [3.8, 4) is 0 Å². The van der Waals surface area contributed by atoms with Crippen LogP contribution in [0.25, 0.3) is 11.0 Å². The third-order valence-electron chi connectivity index (χ3n) is 4.26. The van der Waals surface area contributed by atoms with E-state index in [1.54, 1.807) is 0 Å². The molecule has 5 heteroatoms. The Balaban J connectivity index is 2.27. The minimum Gasteiger partial charge on any atom is -0.316 e. The van der Waals surface area contributed by atoms with Crippen molar-refractivity contribution in [3.63, 3.8) is 0 Å². The lowest BCUT2D eigenvalue weighted by molar-refractivity contribution is 0.188. The van der Waals surface area contributed by atoms with Gasteiger partial charge in [0.1, 0.15) is 0 Å². The number of piperidine rings is 1. The van der Waals surface area contributed by atoms with Gasteiger partial charge in [0.05, 0.1) is 11.0 Å². The predicted octanol–water partition coefficient (Wildman–Crippen LogP) is 1.68. The number of aromatic amines is 2. The molecule has 1 aliphatic rings. The SMILES string of the molecule is Cc1ccc2[nH]c(=O)c(=O)[nH]c2c1C1CCCCN1C. The molecule has 0 aliphatic carbocycles. The number of hydrogen-bond acceptors (Lipinski definition) is 3. The van der Waals surface area contributed by atoms with E-state index in [1.807, 2.05) is 12.1 Å². The highest BCUT2D eigenvalue weighted by molar-refractivity contribution is 5.79. The van der Waals surface area contributed by atoms with Crippen LogP contribution in [0.15, 0.2) is 21.7 Å². The maximum Gasteiger partial charge on any atom is 0.314 e. The fourth-order valence-electron chi connectivity index (χ4n) is 3.18. The Hall–Kier alpha value is -1.88. The second-order valence-corrected chi connectivity index (χ2v) is 5.62. The summed E-state index contributed by atoms with van der Waals surface area (Å²) in [5.74, 6) is 0. The van der Waals surface area contributed by atoms with E-state index in [-0.39, 0.29) is 0 Å². The molecule has 1 aromatic heterocycles.